The number of carbonyl (C=O) groups is 2. The summed E-state index contributed by atoms with van der Waals surface area (Å²) in [4.78, 5) is 22.6. The first-order valence-electron chi connectivity index (χ1n) is 4.66. The smallest absolute Gasteiger partial charge is 0.290 e. The normalized spacial score (nSPS) is 16.8. The molecule has 0 radical (unpaired) electrons. The van der Waals surface area contributed by atoms with E-state index < -0.39 is 0 Å². The zero-order valence-corrected chi connectivity index (χ0v) is 9.41. The molecule has 1 heterocycles. The van der Waals surface area contributed by atoms with Crippen LogP contribution < -0.4 is 10.1 Å². The number of benzene rings is 1. The van der Waals surface area contributed by atoms with Gasteiger partial charge in [0.25, 0.3) is 11.1 Å². The van der Waals surface area contributed by atoms with E-state index in [2.05, 4.69) is 11.4 Å². The molecular weight excluding hydrogens is 238 g/mol. The highest BCUT2D eigenvalue weighted by Gasteiger charge is 2.24. The van der Waals surface area contributed by atoms with Crippen LogP contribution in [0.15, 0.2) is 29.2 Å². The molecule has 0 aromatic heterocycles. The molecule has 1 aliphatic rings. The van der Waals surface area contributed by atoms with Gasteiger partial charge < -0.3 is 4.74 Å². The average Bonchev–Trinajstić information content (AvgIpc) is 2.61. The second-order valence-corrected chi connectivity index (χ2v) is 4.16. The SMILES string of the molecule is C#COc1ccc(C=C2SC(=O)NC2=O)cc1. The number of thioether (sulfide) groups is 1. The van der Waals surface area contributed by atoms with Crippen LogP contribution in [0.3, 0.4) is 0 Å². The summed E-state index contributed by atoms with van der Waals surface area (Å²) in [5, 5.41) is 1.83. The number of hydrogen-bond acceptors (Lipinski definition) is 4. The van der Waals surface area contributed by atoms with E-state index in [4.69, 9.17) is 11.2 Å². The number of amides is 2. The fraction of sp³-hybridized carbons (Fsp3) is 0. The van der Waals surface area contributed by atoms with Gasteiger partial charge in [-0.1, -0.05) is 18.6 Å². The third-order valence-corrected chi connectivity index (χ3v) is 2.81. The van der Waals surface area contributed by atoms with Gasteiger partial charge in [0, 0.05) is 0 Å². The van der Waals surface area contributed by atoms with Crippen molar-refractivity contribution in [3.05, 3.63) is 34.7 Å². The monoisotopic (exact) mass is 245 g/mol. The Hall–Kier alpha value is -2.19. The Bertz CT molecular complexity index is 540. The highest BCUT2D eigenvalue weighted by atomic mass is 32.2. The van der Waals surface area contributed by atoms with Crippen molar-refractivity contribution in [2.75, 3.05) is 0 Å². The minimum atomic E-state index is -0.371. The summed E-state index contributed by atoms with van der Waals surface area (Å²) in [6.07, 6.45) is 8.68. The van der Waals surface area contributed by atoms with E-state index in [1.54, 1.807) is 30.3 Å². The van der Waals surface area contributed by atoms with E-state index in [0.29, 0.717) is 10.7 Å². The minimum absolute atomic E-state index is 0.353. The molecule has 4 nitrogen and oxygen atoms in total. The Kier molecular flexibility index (Phi) is 3.17. The summed E-state index contributed by atoms with van der Waals surface area (Å²) < 4.78 is 4.84. The van der Waals surface area contributed by atoms with Gasteiger partial charge in [-0.15, -0.1) is 0 Å². The predicted molar refractivity (Wildman–Crippen MR) is 65.0 cm³/mol. The van der Waals surface area contributed by atoms with Crippen LogP contribution in [0.2, 0.25) is 0 Å². The molecule has 2 rings (SSSR count). The first-order valence-corrected chi connectivity index (χ1v) is 5.48. The van der Waals surface area contributed by atoms with Crippen LogP contribution in [-0.4, -0.2) is 11.1 Å². The van der Waals surface area contributed by atoms with Gasteiger partial charge in [0.1, 0.15) is 11.9 Å². The molecule has 1 saturated heterocycles. The van der Waals surface area contributed by atoms with Gasteiger partial charge in [0.15, 0.2) is 0 Å². The average molecular weight is 245 g/mol. The number of terminal acetylenes is 1. The Labute approximate surface area is 102 Å². The quantitative estimate of drug-likeness (QED) is 0.639. The first kappa shape index (κ1) is 11.3. The van der Waals surface area contributed by atoms with E-state index in [1.165, 1.54) is 0 Å². The zero-order chi connectivity index (χ0) is 12.3. The van der Waals surface area contributed by atoms with Crippen molar-refractivity contribution in [2.45, 2.75) is 0 Å². The fourth-order valence-corrected chi connectivity index (χ4v) is 1.95. The number of rotatable bonds is 2. The molecular formula is C12H7NO3S. The van der Waals surface area contributed by atoms with Crippen molar-refractivity contribution >= 4 is 29.0 Å². The maximum absolute atomic E-state index is 11.3. The lowest BCUT2D eigenvalue weighted by Gasteiger charge is -1.98. The summed E-state index contributed by atoms with van der Waals surface area (Å²) in [5.41, 5.74) is 0.793. The maximum Gasteiger partial charge on any atom is 0.290 e. The largest absolute Gasteiger partial charge is 0.408 e. The van der Waals surface area contributed by atoms with Crippen LogP contribution >= 0.6 is 11.8 Å². The second kappa shape index (κ2) is 4.76. The zero-order valence-electron chi connectivity index (χ0n) is 8.60. The molecule has 0 atom stereocenters. The molecule has 0 spiro atoms. The second-order valence-electron chi connectivity index (χ2n) is 3.14. The molecule has 1 N–H and O–H groups in total. The fourth-order valence-electron chi connectivity index (χ4n) is 1.27. The molecule has 1 aromatic rings. The van der Waals surface area contributed by atoms with Crippen LogP contribution in [0.25, 0.3) is 6.08 Å². The summed E-state index contributed by atoms with van der Waals surface area (Å²) in [7, 11) is 0. The number of imide groups is 1. The summed E-state index contributed by atoms with van der Waals surface area (Å²) in [6.45, 7) is 0. The Morgan fingerprint density at radius 3 is 2.53 bits per heavy atom. The number of ether oxygens (including phenoxy) is 1. The van der Waals surface area contributed by atoms with E-state index in [1.807, 2.05) is 0 Å². The molecule has 0 bridgehead atoms. The molecule has 2 amide bonds. The molecule has 1 fully saturated rings. The van der Waals surface area contributed by atoms with Gasteiger partial charge in [-0.2, -0.15) is 0 Å². The van der Waals surface area contributed by atoms with Crippen LogP contribution in [0.5, 0.6) is 5.75 Å². The summed E-state index contributed by atoms with van der Waals surface area (Å²) in [5.74, 6) is 0.179. The van der Waals surface area contributed by atoms with Crippen LogP contribution in [-0.2, 0) is 4.79 Å². The Morgan fingerprint density at radius 1 is 1.29 bits per heavy atom. The number of carbonyl (C=O) groups excluding carboxylic acids is 2. The van der Waals surface area contributed by atoms with Gasteiger partial charge in [0.2, 0.25) is 0 Å². The van der Waals surface area contributed by atoms with E-state index in [0.717, 1.165) is 17.3 Å². The van der Waals surface area contributed by atoms with Gasteiger partial charge in [-0.25, -0.2) is 0 Å². The molecule has 1 aliphatic heterocycles. The molecule has 0 aliphatic carbocycles. The van der Waals surface area contributed by atoms with Crippen LogP contribution in [0.4, 0.5) is 4.79 Å². The van der Waals surface area contributed by atoms with Gasteiger partial charge >= 0.3 is 0 Å². The lowest BCUT2D eigenvalue weighted by Crippen LogP contribution is -2.17. The van der Waals surface area contributed by atoms with Crippen molar-refractivity contribution in [3.63, 3.8) is 0 Å². The van der Waals surface area contributed by atoms with Crippen molar-refractivity contribution in [3.8, 4) is 18.3 Å². The standard InChI is InChI=1S/C12H7NO3S/c1-2-16-9-5-3-8(4-6-9)7-10-11(14)13-12(15)17-10/h1,3-7H,(H,13,14,15). The number of hydrogen-bond donors (Lipinski definition) is 1. The lowest BCUT2D eigenvalue weighted by atomic mass is 10.2. The van der Waals surface area contributed by atoms with Crippen molar-refractivity contribution < 1.29 is 14.3 Å². The van der Waals surface area contributed by atoms with E-state index in [9.17, 15) is 9.59 Å². The summed E-state index contributed by atoms with van der Waals surface area (Å²) in [6, 6.07) is 6.86. The molecule has 84 valence electrons. The topological polar surface area (TPSA) is 55.4 Å². The van der Waals surface area contributed by atoms with Crippen molar-refractivity contribution in [2.24, 2.45) is 0 Å². The van der Waals surface area contributed by atoms with E-state index in [-0.39, 0.29) is 11.1 Å². The Balaban J connectivity index is 2.19. The molecule has 17 heavy (non-hydrogen) atoms. The van der Waals surface area contributed by atoms with Gasteiger partial charge in [-0.05, 0) is 35.5 Å². The summed E-state index contributed by atoms with van der Waals surface area (Å²) >= 11 is 0.881. The highest BCUT2D eigenvalue weighted by molar-refractivity contribution is 8.18. The third-order valence-electron chi connectivity index (χ3n) is 2.00. The molecule has 5 heteroatoms. The third kappa shape index (κ3) is 2.68. The first-order chi connectivity index (χ1) is 8.19. The van der Waals surface area contributed by atoms with Crippen molar-refractivity contribution in [1.82, 2.24) is 5.32 Å². The van der Waals surface area contributed by atoms with Crippen LogP contribution in [0.1, 0.15) is 5.56 Å². The lowest BCUT2D eigenvalue weighted by molar-refractivity contribution is -0.115. The number of nitrogens with one attached hydrogen (secondary N) is 1. The van der Waals surface area contributed by atoms with Gasteiger partial charge in [-0.3, -0.25) is 14.9 Å². The molecule has 0 saturated carbocycles. The maximum atomic E-state index is 11.3. The van der Waals surface area contributed by atoms with Gasteiger partial charge in [0.05, 0.1) is 4.91 Å². The minimum Gasteiger partial charge on any atom is -0.408 e. The van der Waals surface area contributed by atoms with Crippen LogP contribution in [0, 0.1) is 12.5 Å². The highest BCUT2D eigenvalue weighted by Crippen LogP contribution is 2.25. The molecule has 0 unspecified atom stereocenters. The Morgan fingerprint density at radius 2 is 2.00 bits per heavy atom. The predicted octanol–water partition coefficient (Wildman–Crippen LogP) is 1.98. The molecule has 1 aromatic carbocycles. The van der Waals surface area contributed by atoms with Crippen molar-refractivity contribution in [1.29, 1.82) is 0 Å². The van der Waals surface area contributed by atoms with E-state index >= 15 is 0 Å².